The molecule has 4 heteroatoms. The molecule has 1 atom stereocenters. The largest absolute Gasteiger partial charge is 0.481 e. The first-order chi connectivity index (χ1) is 5.00. The Kier molecular flexibility index (Phi) is 3.30. The van der Waals surface area contributed by atoms with Gasteiger partial charge in [-0.05, 0) is 5.92 Å². The maximum atomic E-state index is 10.3. The van der Waals surface area contributed by atoms with E-state index in [9.17, 15) is 9.59 Å². The Morgan fingerprint density at radius 1 is 1.36 bits per heavy atom. The summed E-state index contributed by atoms with van der Waals surface area (Å²) in [4.78, 5) is 20.6. The molecule has 0 aliphatic heterocycles. The van der Waals surface area contributed by atoms with E-state index in [0.717, 1.165) is 0 Å². The Morgan fingerprint density at radius 3 is 1.82 bits per heavy atom. The molecule has 0 fully saturated rings. The topological polar surface area (TPSA) is 74.6 Å². The first-order valence-electron chi connectivity index (χ1n) is 3.09. The van der Waals surface area contributed by atoms with E-state index < -0.39 is 23.8 Å². The predicted octanol–water partition coefficient (Wildman–Crippen LogP) is 0.594. The monoisotopic (exact) mass is 158 g/mol. The first kappa shape index (κ1) is 9.68. The van der Waals surface area contributed by atoms with Crippen molar-refractivity contribution in [3.05, 3.63) is 12.7 Å². The lowest BCUT2D eigenvalue weighted by atomic mass is 9.95. The zero-order chi connectivity index (χ0) is 9.02. The molecule has 0 heterocycles. The highest BCUT2D eigenvalue weighted by Gasteiger charge is 2.29. The fourth-order valence-electron chi connectivity index (χ4n) is 0.691. The van der Waals surface area contributed by atoms with E-state index in [0.29, 0.717) is 0 Å². The second-order valence-corrected chi connectivity index (χ2v) is 2.25. The average Bonchev–Trinajstić information content (AvgIpc) is 1.85. The van der Waals surface area contributed by atoms with Crippen LogP contribution in [-0.4, -0.2) is 22.2 Å². The molecule has 0 amide bonds. The van der Waals surface area contributed by atoms with Crippen molar-refractivity contribution in [3.8, 4) is 0 Å². The minimum absolute atomic E-state index is 0.551. The number of rotatable bonds is 4. The van der Waals surface area contributed by atoms with Crippen molar-refractivity contribution < 1.29 is 19.8 Å². The first-order valence-corrected chi connectivity index (χ1v) is 3.09. The Bertz CT molecular complexity index is 171. The molecule has 0 aromatic rings. The predicted molar refractivity (Wildman–Crippen MR) is 38.1 cm³/mol. The van der Waals surface area contributed by atoms with E-state index in [-0.39, 0.29) is 0 Å². The lowest BCUT2D eigenvalue weighted by Crippen LogP contribution is -2.28. The van der Waals surface area contributed by atoms with Crippen LogP contribution in [0.3, 0.4) is 0 Å². The highest BCUT2D eigenvalue weighted by molar-refractivity contribution is 5.93. The van der Waals surface area contributed by atoms with E-state index in [4.69, 9.17) is 10.2 Å². The number of allylic oxidation sites excluding steroid dienone is 1. The molecule has 0 rings (SSSR count). The smallest absolute Gasteiger partial charge is 0.318 e. The molecule has 0 saturated heterocycles. The number of hydrogen-bond acceptors (Lipinski definition) is 2. The minimum Gasteiger partial charge on any atom is -0.481 e. The van der Waals surface area contributed by atoms with Crippen LogP contribution in [0.4, 0.5) is 0 Å². The Labute approximate surface area is 64.2 Å². The fraction of sp³-hybridized carbons (Fsp3) is 0.429. The van der Waals surface area contributed by atoms with Gasteiger partial charge in [0.1, 0.15) is 0 Å². The van der Waals surface area contributed by atoms with E-state index in [1.807, 2.05) is 0 Å². The van der Waals surface area contributed by atoms with Crippen molar-refractivity contribution in [1.82, 2.24) is 0 Å². The standard InChI is InChI=1S/C7H10O4/c1-3-4(2)5(6(8)9)7(10)11/h3-5H,1H2,2H3,(H,8,9)(H,10,11). The van der Waals surface area contributed by atoms with Crippen molar-refractivity contribution in [2.75, 3.05) is 0 Å². The molecule has 0 aliphatic rings. The van der Waals surface area contributed by atoms with Crippen molar-refractivity contribution >= 4 is 11.9 Å². The molecular weight excluding hydrogens is 148 g/mol. The quantitative estimate of drug-likeness (QED) is 0.464. The third-order valence-electron chi connectivity index (χ3n) is 1.43. The number of aliphatic carboxylic acids is 2. The Morgan fingerprint density at radius 2 is 1.73 bits per heavy atom. The summed E-state index contributed by atoms with van der Waals surface area (Å²) in [6, 6.07) is 0. The number of hydrogen-bond donors (Lipinski definition) is 2. The Hall–Kier alpha value is -1.32. The molecule has 0 radical (unpaired) electrons. The highest BCUT2D eigenvalue weighted by atomic mass is 16.4. The van der Waals surface area contributed by atoms with Gasteiger partial charge in [0.15, 0.2) is 5.92 Å². The van der Waals surface area contributed by atoms with Gasteiger partial charge in [0.25, 0.3) is 0 Å². The third kappa shape index (κ3) is 2.41. The maximum absolute atomic E-state index is 10.3. The molecule has 0 aliphatic carbocycles. The summed E-state index contributed by atoms with van der Waals surface area (Å²) >= 11 is 0. The third-order valence-corrected chi connectivity index (χ3v) is 1.43. The van der Waals surface area contributed by atoms with Crippen LogP contribution in [0.15, 0.2) is 12.7 Å². The van der Waals surface area contributed by atoms with Crippen LogP contribution >= 0.6 is 0 Å². The van der Waals surface area contributed by atoms with Gasteiger partial charge in [-0.3, -0.25) is 9.59 Å². The second-order valence-electron chi connectivity index (χ2n) is 2.25. The lowest BCUT2D eigenvalue weighted by Gasteiger charge is -2.10. The summed E-state index contributed by atoms with van der Waals surface area (Å²) in [6.45, 7) is 4.82. The number of carboxylic acids is 2. The molecule has 1 unspecified atom stereocenters. The van der Waals surface area contributed by atoms with Crippen LogP contribution in [0.2, 0.25) is 0 Å². The van der Waals surface area contributed by atoms with Crippen LogP contribution in [0.1, 0.15) is 6.92 Å². The van der Waals surface area contributed by atoms with Crippen molar-refractivity contribution in [3.63, 3.8) is 0 Å². The summed E-state index contributed by atoms with van der Waals surface area (Å²) in [6.07, 6.45) is 1.31. The van der Waals surface area contributed by atoms with Crippen LogP contribution in [-0.2, 0) is 9.59 Å². The zero-order valence-electron chi connectivity index (χ0n) is 6.15. The maximum Gasteiger partial charge on any atom is 0.318 e. The van der Waals surface area contributed by atoms with Gasteiger partial charge >= 0.3 is 11.9 Å². The van der Waals surface area contributed by atoms with Gasteiger partial charge in [0, 0.05) is 0 Å². The van der Waals surface area contributed by atoms with Gasteiger partial charge in [0.2, 0.25) is 0 Å². The van der Waals surface area contributed by atoms with Gasteiger partial charge in [0.05, 0.1) is 0 Å². The lowest BCUT2D eigenvalue weighted by molar-refractivity contribution is -0.156. The van der Waals surface area contributed by atoms with Crippen molar-refractivity contribution in [2.45, 2.75) is 6.92 Å². The fourth-order valence-corrected chi connectivity index (χ4v) is 0.691. The average molecular weight is 158 g/mol. The molecule has 2 N–H and O–H groups in total. The number of carbonyl (C=O) groups is 2. The summed E-state index contributed by atoms with van der Waals surface area (Å²) in [5.41, 5.74) is 0. The summed E-state index contributed by atoms with van der Waals surface area (Å²) in [5, 5.41) is 16.8. The van der Waals surface area contributed by atoms with E-state index in [1.165, 1.54) is 13.0 Å². The molecule has 0 aromatic carbocycles. The van der Waals surface area contributed by atoms with Gasteiger partial charge in [-0.15, -0.1) is 6.58 Å². The molecule has 62 valence electrons. The van der Waals surface area contributed by atoms with Gasteiger partial charge in [-0.2, -0.15) is 0 Å². The summed E-state index contributed by atoms with van der Waals surface area (Å²) in [5.74, 6) is -4.59. The van der Waals surface area contributed by atoms with E-state index in [2.05, 4.69) is 6.58 Å². The molecule has 0 aromatic heterocycles. The van der Waals surface area contributed by atoms with E-state index in [1.54, 1.807) is 0 Å². The van der Waals surface area contributed by atoms with E-state index >= 15 is 0 Å². The summed E-state index contributed by atoms with van der Waals surface area (Å²) in [7, 11) is 0. The zero-order valence-corrected chi connectivity index (χ0v) is 6.15. The van der Waals surface area contributed by atoms with Crippen LogP contribution < -0.4 is 0 Å². The normalized spacial score (nSPS) is 12.5. The van der Waals surface area contributed by atoms with Gasteiger partial charge in [-0.25, -0.2) is 0 Å². The van der Waals surface area contributed by atoms with Crippen LogP contribution in [0, 0.1) is 11.8 Å². The molecule has 0 spiro atoms. The van der Waals surface area contributed by atoms with Gasteiger partial charge in [-0.1, -0.05) is 13.0 Å². The van der Waals surface area contributed by atoms with Crippen LogP contribution in [0.5, 0.6) is 0 Å². The number of carboxylic acid groups (broad SMARTS) is 2. The highest BCUT2D eigenvalue weighted by Crippen LogP contribution is 2.12. The van der Waals surface area contributed by atoms with Crippen molar-refractivity contribution in [2.24, 2.45) is 11.8 Å². The van der Waals surface area contributed by atoms with Gasteiger partial charge < -0.3 is 10.2 Å². The Balaban J connectivity index is 4.46. The SMILES string of the molecule is C=CC(C)C(C(=O)O)C(=O)O. The molecular formula is C7H10O4. The molecule has 0 saturated carbocycles. The molecule has 0 bridgehead atoms. The second kappa shape index (κ2) is 3.75. The molecule has 11 heavy (non-hydrogen) atoms. The summed E-state index contributed by atoms with van der Waals surface area (Å²) < 4.78 is 0. The minimum atomic E-state index is -1.38. The molecule has 4 nitrogen and oxygen atoms in total. The van der Waals surface area contributed by atoms with Crippen molar-refractivity contribution in [1.29, 1.82) is 0 Å². The van der Waals surface area contributed by atoms with Crippen LogP contribution in [0.25, 0.3) is 0 Å².